The highest BCUT2D eigenvalue weighted by molar-refractivity contribution is 7.98. The Hall–Kier alpha value is -2.14. The molecule has 0 heterocycles. The fourth-order valence-electron chi connectivity index (χ4n) is 2.02. The van der Waals surface area contributed by atoms with E-state index in [9.17, 15) is 14.9 Å². The molecule has 0 fully saturated rings. The van der Waals surface area contributed by atoms with E-state index >= 15 is 0 Å². The van der Waals surface area contributed by atoms with Crippen molar-refractivity contribution in [2.45, 2.75) is 24.5 Å². The summed E-state index contributed by atoms with van der Waals surface area (Å²) in [5.74, 6) is 0.440. The van der Waals surface area contributed by atoms with E-state index in [1.54, 1.807) is 6.07 Å². The molecule has 0 aliphatic heterocycles. The van der Waals surface area contributed by atoms with Crippen molar-refractivity contribution in [3.05, 3.63) is 69.3 Å². The molecule has 0 aromatic heterocycles. The minimum absolute atomic E-state index is 0.128. The number of ketones is 1. The van der Waals surface area contributed by atoms with Crippen molar-refractivity contribution in [1.82, 2.24) is 0 Å². The number of nitrogens with zero attached hydrogens (tertiary/aromatic N) is 1. The molecular weight excluding hydrogens is 286 g/mol. The second-order valence-electron chi connectivity index (χ2n) is 4.77. The van der Waals surface area contributed by atoms with E-state index in [0.717, 1.165) is 10.6 Å². The summed E-state index contributed by atoms with van der Waals surface area (Å²) in [4.78, 5) is 22.7. The number of rotatable bonds is 5. The molecule has 5 heteroatoms. The maximum atomic E-state index is 11.4. The third-order valence-electron chi connectivity index (χ3n) is 3.03. The summed E-state index contributed by atoms with van der Waals surface area (Å²) >= 11 is 1.52. The first-order chi connectivity index (χ1) is 9.97. The quantitative estimate of drug-likeness (QED) is 0.355. The van der Waals surface area contributed by atoms with Crippen LogP contribution in [-0.2, 0) is 5.75 Å². The van der Waals surface area contributed by atoms with Crippen LogP contribution in [0.1, 0.15) is 28.4 Å². The zero-order valence-electron chi connectivity index (χ0n) is 11.8. The molecule has 0 aliphatic rings. The molecule has 4 nitrogen and oxygen atoms in total. The van der Waals surface area contributed by atoms with Gasteiger partial charge in [0, 0.05) is 16.7 Å². The van der Waals surface area contributed by atoms with Gasteiger partial charge in [0.05, 0.1) is 10.5 Å². The highest BCUT2D eigenvalue weighted by atomic mass is 32.2. The summed E-state index contributed by atoms with van der Waals surface area (Å²) in [5.41, 5.74) is 2.38. The Morgan fingerprint density at radius 2 is 2.00 bits per heavy atom. The van der Waals surface area contributed by atoms with Crippen molar-refractivity contribution in [2.24, 2.45) is 0 Å². The average Bonchev–Trinajstić information content (AvgIpc) is 2.44. The molecule has 108 valence electrons. The van der Waals surface area contributed by atoms with Crippen LogP contribution in [0.2, 0.25) is 0 Å². The van der Waals surface area contributed by atoms with Crippen LogP contribution in [-0.4, -0.2) is 10.7 Å². The lowest BCUT2D eigenvalue weighted by Gasteiger charge is -2.05. The average molecular weight is 301 g/mol. The predicted molar refractivity (Wildman–Crippen MR) is 83.8 cm³/mol. The largest absolute Gasteiger partial charge is 0.294 e. The Bertz CT molecular complexity index is 698. The standard InChI is InChI=1S/C16H15NO3S/c1-11-4-3-5-13(8-11)10-21-14-6-7-15(12(2)18)16(9-14)17(19)20/h3-9H,10H2,1-2H3. The zero-order chi connectivity index (χ0) is 15.4. The van der Waals surface area contributed by atoms with Crippen molar-refractivity contribution in [3.63, 3.8) is 0 Å². The summed E-state index contributed by atoms with van der Waals surface area (Å²) < 4.78 is 0. The van der Waals surface area contributed by atoms with E-state index in [1.807, 2.05) is 25.1 Å². The predicted octanol–water partition coefficient (Wildman–Crippen LogP) is 4.40. The van der Waals surface area contributed by atoms with Crippen LogP contribution in [0.15, 0.2) is 47.4 Å². The number of thioether (sulfide) groups is 1. The van der Waals surface area contributed by atoms with Gasteiger partial charge in [-0.3, -0.25) is 14.9 Å². The van der Waals surface area contributed by atoms with Gasteiger partial charge in [0.2, 0.25) is 0 Å². The van der Waals surface area contributed by atoms with Crippen molar-refractivity contribution in [3.8, 4) is 0 Å². The second-order valence-corrected chi connectivity index (χ2v) is 5.82. The van der Waals surface area contributed by atoms with E-state index in [0.29, 0.717) is 0 Å². The van der Waals surface area contributed by atoms with Gasteiger partial charge in [-0.15, -0.1) is 11.8 Å². The maximum absolute atomic E-state index is 11.4. The Balaban J connectivity index is 2.19. The minimum atomic E-state index is -0.506. The van der Waals surface area contributed by atoms with Gasteiger partial charge in [0.25, 0.3) is 5.69 Å². The first kappa shape index (κ1) is 15.3. The number of nitro benzene ring substituents is 1. The summed E-state index contributed by atoms with van der Waals surface area (Å²) in [6.07, 6.45) is 0. The molecule has 0 saturated heterocycles. The van der Waals surface area contributed by atoms with Gasteiger partial charge in [-0.2, -0.15) is 0 Å². The Morgan fingerprint density at radius 1 is 1.24 bits per heavy atom. The van der Waals surface area contributed by atoms with Gasteiger partial charge < -0.3 is 0 Å². The summed E-state index contributed by atoms with van der Waals surface area (Å²) in [7, 11) is 0. The SMILES string of the molecule is CC(=O)c1ccc(SCc2cccc(C)c2)cc1[N+](=O)[O-]. The molecular formula is C16H15NO3S. The summed E-state index contributed by atoms with van der Waals surface area (Å²) in [6.45, 7) is 3.36. The lowest BCUT2D eigenvalue weighted by atomic mass is 10.1. The third-order valence-corrected chi connectivity index (χ3v) is 4.10. The molecule has 2 rings (SSSR count). The van der Waals surface area contributed by atoms with E-state index in [-0.39, 0.29) is 17.0 Å². The molecule has 0 bridgehead atoms. The number of benzene rings is 2. The van der Waals surface area contributed by atoms with E-state index in [1.165, 1.54) is 41.9 Å². The first-order valence-corrected chi connectivity index (χ1v) is 7.43. The molecule has 0 saturated carbocycles. The van der Waals surface area contributed by atoms with Crippen molar-refractivity contribution in [2.75, 3.05) is 0 Å². The zero-order valence-corrected chi connectivity index (χ0v) is 12.6. The summed E-state index contributed by atoms with van der Waals surface area (Å²) in [6, 6.07) is 12.9. The Kier molecular flexibility index (Phi) is 4.75. The van der Waals surface area contributed by atoms with Crippen molar-refractivity contribution >= 4 is 23.2 Å². The molecule has 21 heavy (non-hydrogen) atoms. The van der Waals surface area contributed by atoms with Crippen molar-refractivity contribution in [1.29, 1.82) is 0 Å². The van der Waals surface area contributed by atoms with E-state index < -0.39 is 4.92 Å². The minimum Gasteiger partial charge on any atom is -0.294 e. The highest BCUT2D eigenvalue weighted by Gasteiger charge is 2.17. The fourth-order valence-corrected chi connectivity index (χ4v) is 2.89. The van der Waals surface area contributed by atoms with Crippen LogP contribution < -0.4 is 0 Å². The normalized spacial score (nSPS) is 10.4. The van der Waals surface area contributed by atoms with Gasteiger partial charge in [-0.1, -0.05) is 29.8 Å². The van der Waals surface area contributed by atoms with Gasteiger partial charge in [-0.25, -0.2) is 0 Å². The molecule has 2 aromatic rings. The first-order valence-electron chi connectivity index (χ1n) is 6.45. The van der Waals surface area contributed by atoms with E-state index in [2.05, 4.69) is 6.07 Å². The topological polar surface area (TPSA) is 60.2 Å². The Labute approximate surface area is 127 Å². The molecule has 0 unspecified atom stereocenters. The van der Waals surface area contributed by atoms with Crippen LogP contribution in [0.4, 0.5) is 5.69 Å². The molecule has 0 amide bonds. The fraction of sp³-hybridized carbons (Fsp3) is 0.188. The van der Waals surface area contributed by atoms with Crippen LogP contribution in [0.5, 0.6) is 0 Å². The number of carbonyl (C=O) groups excluding carboxylic acids is 1. The second kappa shape index (κ2) is 6.54. The molecule has 0 radical (unpaired) electrons. The van der Waals surface area contributed by atoms with Gasteiger partial charge >= 0.3 is 0 Å². The smallest absolute Gasteiger partial charge is 0.281 e. The van der Waals surface area contributed by atoms with Gasteiger partial charge in [0.15, 0.2) is 5.78 Å². The van der Waals surface area contributed by atoms with E-state index in [4.69, 9.17) is 0 Å². The molecule has 2 aromatic carbocycles. The third kappa shape index (κ3) is 3.92. The molecule has 0 N–H and O–H groups in total. The lowest BCUT2D eigenvalue weighted by molar-refractivity contribution is -0.385. The molecule has 0 aliphatic carbocycles. The Morgan fingerprint density at radius 3 is 2.62 bits per heavy atom. The number of hydrogen-bond donors (Lipinski definition) is 0. The number of carbonyl (C=O) groups is 1. The number of hydrogen-bond acceptors (Lipinski definition) is 4. The monoisotopic (exact) mass is 301 g/mol. The number of aryl methyl sites for hydroxylation is 1. The lowest BCUT2D eigenvalue weighted by Crippen LogP contribution is -2.00. The van der Waals surface area contributed by atoms with Crippen LogP contribution in [0.25, 0.3) is 0 Å². The van der Waals surface area contributed by atoms with Gasteiger partial charge in [0.1, 0.15) is 0 Å². The maximum Gasteiger partial charge on any atom is 0.281 e. The summed E-state index contributed by atoms with van der Waals surface area (Å²) in [5, 5.41) is 11.0. The number of Topliss-reactive ketones (excluding diaryl/α,β-unsaturated/α-hetero) is 1. The number of nitro groups is 1. The van der Waals surface area contributed by atoms with Gasteiger partial charge in [-0.05, 0) is 31.5 Å². The van der Waals surface area contributed by atoms with Crippen LogP contribution in [0, 0.1) is 17.0 Å². The van der Waals surface area contributed by atoms with Crippen molar-refractivity contribution < 1.29 is 9.72 Å². The van der Waals surface area contributed by atoms with Crippen LogP contribution in [0.3, 0.4) is 0 Å². The van der Waals surface area contributed by atoms with Crippen LogP contribution >= 0.6 is 11.8 Å². The highest BCUT2D eigenvalue weighted by Crippen LogP contribution is 2.29. The molecule has 0 atom stereocenters. The molecule has 0 spiro atoms.